The summed E-state index contributed by atoms with van der Waals surface area (Å²) in [7, 11) is 0. The summed E-state index contributed by atoms with van der Waals surface area (Å²) < 4.78 is 5.25. The normalized spacial score (nSPS) is 19.8. The zero-order valence-electron chi connectivity index (χ0n) is 8.37. The van der Waals surface area contributed by atoms with Crippen molar-refractivity contribution in [3.63, 3.8) is 0 Å². The van der Waals surface area contributed by atoms with Crippen LogP contribution in [0, 0.1) is 0 Å². The topological polar surface area (TPSA) is 51.2 Å². The van der Waals surface area contributed by atoms with Crippen molar-refractivity contribution in [1.82, 2.24) is 4.98 Å². The van der Waals surface area contributed by atoms with Crippen LogP contribution in [0.2, 0.25) is 10.0 Å². The Morgan fingerprint density at radius 2 is 2.31 bits per heavy atom. The van der Waals surface area contributed by atoms with E-state index in [1.807, 2.05) is 0 Å². The molecule has 1 aromatic heterocycles. The molecule has 1 saturated heterocycles. The number of aromatic nitrogens is 1. The molecule has 4 nitrogen and oxygen atoms in total. The average molecular weight is 261 g/mol. The second-order valence-electron chi connectivity index (χ2n) is 3.47. The van der Waals surface area contributed by atoms with Gasteiger partial charge in [-0.05, 0) is 12.8 Å². The third-order valence-corrected chi connectivity index (χ3v) is 3.11. The minimum Gasteiger partial charge on any atom is -0.368 e. The molecular formula is C10H10Cl2N2O2. The van der Waals surface area contributed by atoms with Gasteiger partial charge in [0.15, 0.2) is 0 Å². The van der Waals surface area contributed by atoms with Gasteiger partial charge >= 0.3 is 0 Å². The Bertz CT molecular complexity index is 406. The number of nitrogens with zero attached hydrogens (tertiary/aromatic N) is 1. The van der Waals surface area contributed by atoms with E-state index >= 15 is 0 Å². The van der Waals surface area contributed by atoms with Gasteiger partial charge in [0.05, 0.1) is 21.9 Å². The van der Waals surface area contributed by atoms with Crippen LogP contribution in [0.5, 0.6) is 0 Å². The van der Waals surface area contributed by atoms with Gasteiger partial charge in [0.1, 0.15) is 6.10 Å². The van der Waals surface area contributed by atoms with E-state index < -0.39 is 6.10 Å². The molecule has 1 amide bonds. The quantitative estimate of drug-likeness (QED) is 0.889. The molecule has 6 heteroatoms. The predicted octanol–water partition coefficient (Wildman–Crippen LogP) is 2.51. The fourth-order valence-corrected chi connectivity index (χ4v) is 1.81. The van der Waals surface area contributed by atoms with Gasteiger partial charge < -0.3 is 10.1 Å². The summed E-state index contributed by atoms with van der Waals surface area (Å²) in [6.45, 7) is 0.625. The predicted molar refractivity (Wildman–Crippen MR) is 61.9 cm³/mol. The molecule has 1 fully saturated rings. The zero-order chi connectivity index (χ0) is 11.5. The zero-order valence-corrected chi connectivity index (χ0v) is 9.88. The Kier molecular flexibility index (Phi) is 3.63. The molecular weight excluding hydrogens is 251 g/mol. The van der Waals surface area contributed by atoms with Crippen molar-refractivity contribution in [2.75, 3.05) is 11.9 Å². The summed E-state index contributed by atoms with van der Waals surface area (Å²) in [5, 5.41) is 3.26. The van der Waals surface area contributed by atoms with E-state index in [1.165, 1.54) is 12.4 Å². The van der Waals surface area contributed by atoms with Crippen molar-refractivity contribution < 1.29 is 9.53 Å². The SMILES string of the molecule is O=C(Nc1cncc(Cl)c1Cl)C1CCCO1. The average Bonchev–Trinajstić information content (AvgIpc) is 2.78. The van der Waals surface area contributed by atoms with Crippen LogP contribution >= 0.6 is 23.2 Å². The van der Waals surface area contributed by atoms with Crippen LogP contribution in [-0.4, -0.2) is 23.6 Å². The fraction of sp³-hybridized carbons (Fsp3) is 0.400. The number of anilines is 1. The number of nitrogens with one attached hydrogen (secondary N) is 1. The lowest BCUT2D eigenvalue weighted by Crippen LogP contribution is -2.27. The molecule has 2 heterocycles. The second kappa shape index (κ2) is 4.99. The van der Waals surface area contributed by atoms with E-state index in [-0.39, 0.29) is 5.91 Å². The van der Waals surface area contributed by atoms with Crippen molar-refractivity contribution in [3.05, 3.63) is 22.4 Å². The van der Waals surface area contributed by atoms with Crippen LogP contribution in [0.25, 0.3) is 0 Å². The monoisotopic (exact) mass is 260 g/mol. The molecule has 0 bridgehead atoms. The number of rotatable bonds is 2. The molecule has 0 aliphatic carbocycles. The molecule has 1 aliphatic heterocycles. The lowest BCUT2D eigenvalue weighted by atomic mass is 10.2. The molecule has 0 spiro atoms. The number of hydrogen-bond donors (Lipinski definition) is 1. The van der Waals surface area contributed by atoms with E-state index in [0.29, 0.717) is 22.3 Å². The number of hydrogen-bond acceptors (Lipinski definition) is 3. The van der Waals surface area contributed by atoms with Crippen LogP contribution in [-0.2, 0) is 9.53 Å². The Morgan fingerprint density at radius 1 is 1.50 bits per heavy atom. The molecule has 1 aliphatic rings. The Hall–Kier alpha value is -0.840. The molecule has 2 rings (SSSR count). The van der Waals surface area contributed by atoms with Gasteiger partial charge in [-0.25, -0.2) is 0 Å². The molecule has 1 unspecified atom stereocenters. The number of amides is 1. The Morgan fingerprint density at radius 3 is 3.00 bits per heavy atom. The van der Waals surface area contributed by atoms with Crippen molar-refractivity contribution in [3.8, 4) is 0 Å². The van der Waals surface area contributed by atoms with Crippen LogP contribution in [0.1, 0.15) is 12.8 Å². The van der Waals surface area contributed by atoms with Crippen molar-refractivity contribution in [1.29, 1.82) is 0 Å². The van der Waals surface area contributed by atoms with Gasteiger partial charge in [0.25, 0.3) is 5.91 Å². The number of pyridine rings is 1. The second-order valence-corrected chi connectivity index (χ2v) is 4.26. The van der Waals surface area contributed by atoms with E-state index in [4.69, 9.17) is 27.9 Å². The third kappa shape index (κ3) is 2.45. The summed E-state index contributed by atoms with van der Waals surface area (Å²) in [5.41, 5.74) is 0.412. The molecule has 0 radical (unpaired) electrons. The van der Waals surface area contributed by atoms with Gasteiger partial charge in [-0.3, -0.25) is 9.78 Å². The van der Waals surface area contributed by atoms with E-state index in [1.54, 1.807) is 0 Å². The van der Waals surface area contributed by atoms with Gasteiger partial charge in [-0.2, -0.15) is 0 Å². The van der Waals surface area contributed by atoms with Crippen LogP contribution in [0.4, 0.5) is 5.69 Å². The van der Waals surface area contributed by atoms with Crippen LogP contribution in [0.15, 0.2) is 12.4 Å². The lowest BCUT2D eigenvalue weighted by Gasteiger charge is -2.11. The number of carbonyl (C=O) groups is 1. The minimum absolute atomic E-state index is 0.205. The standard InChI is InChI=1S/C10H10Cl2N2O2/c11-6-4-13-5-7(9(6)12)14-10(15)8-2-1-3-16-8/h4-5,8H,1-3H2,(H,14,15). The van der Waals surface area contributed by atoms with Gasteiger partial charge in [-0.1, -0.05) is 23.2 Å². The first-order chi connectivity index (χ1) is 7.68. The third-order valence-electron chi connectivity index (χ3n) is 2.32. The number of halogens is 2. The fourth-order valence-electron chi connectivity index (χ4n) is 1.50. The highest BCUT2D eigenvalue weighted by Crippen LogP contribution is 2.28. The maximum atomic E-state index is 11.7. The van der Waals surface area contributed by atoms with Crippen LogP contribution in [0.3, 0.4) is 0 Å². The van der Waals surface area contributed by atoms with Crippen molar-refractivity contribution in [2.24, 2.45) is 0 Å². The Labute approximate surface area is 103 Å². The summed E-state index contributed by atoms with van der Waals surface area (Å²) in [6, 6.07) is 0. The summed E-state index contributed by atoms with van der Waals surface area (Å²) in [5.74, 6) is -0.205. The van der Waals surface area contributed by atoms with Gasteiger partial charge in [0.2, 0.25) is 0 Å². The largest absolute Gasteiger partial charge is 0.368 e. The summed E-state index contributed by atoms with van der Waals surface area (Å²) >= 11 is 11.7. The van der Waals surface area contributed by atoms with Crippen LogP contribution < -0.4 is 5.32 Å². The molecule has 1 N–H and O–H groups in total. The number of ether oxygens (including phenoxy) is 1. The summed E-state index contributed by atoms with van der Waals surface area (Å²) in [6.07, 6.45) is 4.12. The first-order valence-electron chi connectivity index (χ1n) is 4.90. The highest BCUT2D eigenvalue weighted by molar-refractivity contribution is 6.43. The Balaban J connectivity index is 2.08. The number of carbonyl (C=O) groups excluding carboxylic acids is 1. The first-order valence-corrected chi connectivity index (χ1v) is 5.65. The molecule has 0 aromatic carbocycles. The molecule has 86 valence electrons. The van der Waals surface area contributed by atoms with Gasteiger partial charge in [0, 0.05) is 12.8 Å². The first kappa shape index (κ1) is 11.6. The van der Waals surface area contributed by atoms with Gasteiger partial charge in [-0.15, -0.1) is 0 Å². The molecule has 1 aromatic rings. The molecule has 1 atom stereocenters. The van der Waals surface area contributed by atoms with E-state index in [2.05, 4.69) is 10.3 Å². The maximum Gasteiger partial charge on any atom is 0.253 e. The maximum absolute atomic E-state index is 11.7. The van der Waals surface area contributed by atoms with Crippen molar-refractivity contribution in [2.45, 2.75) is 18.9 Å². The lowest BCUT2D eigenvalue weighted by molar-refractivity contribution is -0.124. The smallest absolute Gasteiger partial charge is 0.253 e. The molecule has 0 saturated carbocycles. The minimum atomic E-state index is -0.393. The van der Waals surface area contributed by atoms with E-state index in [9.17, 15) is 4.79 Å². The highest BCUT2D eigenvalue weighted by Gasteiger charge is 2.24. The molecule has 16 heavy (non-hydrogen) atoms. The van der Waals surface area contributed by atoms with Crippen molar-refractivity contribution >= 4 is 34.8 Å². The summed E-state index contributed by atoms with van der Waals surface area (Å²) in [4.78, 5) is 15.6. The highest BCUT2D eigenvalue weighted by atomic mass is 35.5. The van der Waals surface area contributed by atoms with E-state index in [0.717, 1.165) is 12.8 Å².